The zero-order valence-electron chi connectivity index (χ0n) is 8.81. The molecule has 1 aromatic heterocycles. The Balaban J connectivity index is 2.35. The molecule has 0 saturated carbocycles. The average Bonchev–Trinajstić information content (AvgIpc) is 2.57. The van der Waals surface area contributed by atoms with Gasteiger partial charge in [-0.15, -0.1) is 0 Å². The van der Waals surface area contributed by atoms with Gasteiger partial charge in [-0.2, -0.15) is 0 Å². The minimum absolute atomic E-state index is 0.399. The van der Waals surface area contributed by atoms with Crippen LogP contribution >= 0.6 is 0 Å². The number of nitrogens with one attached hydrogen (secondary N) is 1. The SMILES string of the molecule is N[C@H]1[C@@H](O)[C@H](CO)O[C@@H]1n1ccc(=O)[nH]c1=O. The fraction of sp³-hybridized carbons (Fsp3) is 0.556. The molecule has 1 saturated heterocycles. The summed E-state index contributed by atoms with van der Waals surface area (Å²) in [5, 5.41) is 18.6. The number of ether oxygens (including phenoxy) is 1. The molecule has 0 aromatic carbocycles. The molecule has 0 aliphatic carbocycles. The monoisotopic (exact) mass is 243 g/mol. The fourth-order valence-electron chi connectivity index (χ4n) is 1.80. The molecule has 0 spiro atoms. The molecule has 4 atom stereocenters. The van der Waals surface area contributed by atoms with Gasteiger partial charge in [0, 0.05) is 12.3 Å². The van der Waals surface area contributed by atoms with Gasteiger partial charge in [0.15, 0.2) is 6.23 Å². The van der Waals surface area contributed by atoms with E-state index in [9.17, 15) is 14.7 Å². The maximum Gasteiger partial charge on any atom is 0.330 e. The maximum atomic E-state index is 11.5. The zero-order valence-corrected chi connectivity index (χ0v) is 8.81. The number of hydrogen-bond acceptors (Lipinski definition) is 6. The molecular formula is C9H13N3O5. The molecule has 8 nitrogen and oxygen atoms in total. The van der Waals surface area contributed by atoms with E-state index >= 15 is 0 Å². The number of aliphatic hydroxyl groups is 2. The van der Waals surface area contributed by atoms with Crippen LogP contribution in [0.5, 0.6) is 0 Å². The maximum absolute atomic E-state index is 11.5. The Morgan fingerprint density at radius 2 is 2.24 bits per heavy atom. The number of aliphatic hydroxyl groups excluding tert-OH is 2. The van der Waals surface area contributed by atoms with Crippen LogP contribution < -0.4 is 17.0 Å². The molecule has 2 rings (SSSR count). The third-order valence-corrected chi connectivity index (χ3v) is 2.72. The number of aromatic amines is 1. The number of hydrogen-bond donors (Lipinski definition) is 4. The molecule has 5 N–H and O–H groups in total. The summed E-state index contributed by atoms with van der Waals surface area (Å²) in [5.74, 6) is 0. The average molecular weight is 243 g/mol. The van der Waals surface area contributed by atoms with Crippen LogP contribution in [0.3, 0.4) is 0 Å². The second-order valence-electron chi connectivity index (χ2n) is 3.83. The van der Waals surface area contributed by atoms with E-state index in [-0.39, 0.29) is 0 Å². The van der Waals surface area contributed by atoms with E-state index in [0.717, 1.165) is 10.6 Å². The van der Waals surface area contributed by atoms with Gasteiger partial charge in [0.05, 0.1) is 12.6 Å². The highest BCUT2D eigenvalue weighted by molar-refractivity contribution is 4.94. The minimum atomic E-state index is -1.07. The lowest BCUT2D eigenvalue weighted by Crippen LogP contribution is -2.42. The van der Waals surface area contributed by atoms with Crippen LogP contribution in [0.25, 0.3) is 0 Å². The van der Waals surface area contributed by atoms with E-state index in [1.807, 2.05) is 0 Å². The second-order valence-corrected chi connectivity index (χ2v) is 3.83. The lowest BCUT2D eigenvalue weighted by atomic mass is 10.1. The summed E-state index contributed by atoms with van der Waals surface area (Å²) in [7, 11) is 0. The van der Waals surface area contributed by atoms with Crippen LogP contribution in [0.4, 0.5) is 0 Å². The van der Waals surface area contributed by atoms with Crippen LogP contribution in [0.15, 0.2) is 21.9 Å². The summed E-state index contributed by atoms with van der Waals surface area (Å²) in [6.07, 6.45) is -1.58. The molecule has 1 aromatic rings. The Morgan fingerprint density at radius 1 is 1.53 bits per heavy atom. The first-order chi connectivity index (χ1) is 8.04. The van der Waals surface area contributed by atoms with Gasteiger partial charge in [-0.05, 0) is 0 Å². The largest absolute Gasteiger partial charge is 0.394 e. The number of aromatic nitrogens is 2. The summed E-state index contributed by atoms with van der Waals surface area (Å²) >= 11 is 0. The first-order valence-electron chi connectivity index (χ1n) is 5.06. The number of H-pyrrole nitrogens is 1. The predicted octanol–water partition coefficient (Wildman–Crippen LogP) is -2.89. The van der Waals surface area contributed by atoms with Crippen molar-refractivity contribution in [2.24, 2.45) is 5.73 Å². The van der Waals surface area contributed by atoms with E-state index in [1.165, 1.54) is 6.20 Å². The molecule has 17 heavy (non-hydrogen) atoms. The smallest absolute Gasteiger partial charge is 0.330 e. The van der Waals surface area contributed by atoms with E-state index in [2.05, 4.69) is 4.98 Å². The summed E-state index contributed by atoms with van der Waals surface area (Å²) in [5.41, 5.74) is 4.48. The van der Waals surface area contributed by atoms with E-state index < -0.39 is 42.3 Å². The second kappa shape index (κ2) is 4.41. The molecular weight excluding hydrogens is 230 g/mol. The molecule has 0 radical (unpaired) electrons. The minimum Gasteiger partial charge on any atom is -0.394 e. The molecule has 2 heterocycles. The van der Waals surface area contributed by atoms with Crippen LogP contribution in [-0.4, -0.2) is 44.6 Å². The summed E-state index contributed by atoms with van der Waals surface area (Å²) < 4.78 is 6.33. The first kappa shape index (κ1) is 12.0. The molecule has 1 aliphatic rings. The summed E-state index contributed by atoms with van der Waals surface area (Å²) in [6.45, 7) is -0.399. The molecule has 1 aliphatic heterocycles. The molecule has 94 valence electrons. The van der Waals surface area contributed by atoms with Gasteiger partial charge in [-0.25, -0.2) is 4.79 Å². The van der Waals surface area contributed by atoms with Crippen molar-refractivity contribution in [3.63, 3.8) is 0 Å². The van der Waals surface area contributed by atoms with Gasteiger partial charge in [0.25, 0.3) is 5.56 Å². The molecule has 0 amide bonds. The Labute approximate surface area is 95.3 Å². The molecule has 1 fully saturated rings. The lowest BCUT2D eigenvalue weighted by molar-refractivity contribution is -0.0465. The van der Waals surface area contributed by atoms with E-state index in [4.69, 9.17) is 15.6 Å². The first-order valence-corrected chi connectivity index (χ1v) is 5.06. The van der Waals surface area contributed by atoms with Crippen molar-refractivity contribution in [1.82, 2.24) is 9.55 Å². The van der Waals surface area contributed by atoms with Gasteiger partial charge >= 0.3 is 5.69 Å². The highest BCUT2D eigenvalue weighted by atomic mass is 16.5. The standard InChI is InChI=1S/C9H13N3O5/c10-6-7(15)4(3-13)17-8(6)12-2-1-5(14)11-9(12)16/h1-2,4,6-8,13,15H,3,10H2,(H,11,14,16)/t4-,6-,7-,8-/m0/s1. The van der Waals surface area contributed by atoms with Gasteiger partial charge < -0.3 is 20.7 Å². The fourth-order valence-corrected chi connectivity index (χ4v) is 1.80. The van der Waals surface area contributed by atoms with Gasteiger partial charge in [-0.3, -0.25) is 14.3 Å². The topological polar surface area (TPSA) is 131 Å². The number of nitrogens with two attached hydrogens (primary N) is 1. The Kier molecular flexibility index (Phi) is 3.11. The molecule has 0 unspecified atom stereocenters. The lowest BCUT2D eigenvalue weighted by Gasteiger charge is -2.17. The van der Waals surface area contributed by atoms with Crippen molar-refractivity contribution in [3.05, 3.63) is 33.1 Å². The van der Waals surface area contributed by atoms with E-state index in [0.29, 0.717) is 0 Å². The van der Waals surface area contributed by atoms with Crippen LogP contribution in [0, 0.1) is 0 Å². The Morgan fingerprint density at radius 3 is 2.76 bits per heavy atom. The zero-order chi connectivity index (χ0) is 12.6. The van der Waals surface area contributed by atoms with Gasteiger partial charge in [0.2, 0.25) is 0 Å². The van der Waals surface area contributed by atoms with Crippen molar-refractivity contribution in [2.45, 2.75) is 24.5 Å². The van der Waals surface area contributed by atoms with Crippen molar-refractivity contribution in [3.8, 4) is 0 Å². The van der Waals surface area contributed by atoms with Crippen LogP contribution in [0.1, 0.15) is 6.23 Å². The Bertz CT molecular complexity index is 510. The highest BCUT2D eigenvalue weighted by Crippen LogP contribution is 2.26. The normalized spacial score (nSPS) is 32.9. The van der Waals surface area contributed by atoms with Gasteiger partial charge in [0.1, 0.15) is 12.2 Å². The molecule has 0 bridgehead atoms. The van der Waals surface area contributed by atoms with Crippen molar-refractivity contribution >= 4 is 0 Å². The van der Waals surface area contributed by atoms with Crippen molar-refractivity contribution < 1.29 is 14.9 Å². The van der Waals surface area contributed by atoms with Crippen LogP contribution in [0.2, 0.25) is 0 Å². The third-order valence-electron chi connectivity index (χ3n) is 2.72. The third kappa shape index (κ3) is 2.03. The number of rotatable bonds is 2. The predicted molar refractivity (Wildman–Crippen MR) is 56.3 cm³/mol. The number of nitrogens with zero attached hydrogens (tertiary/aromatic N) is 1. The summed E-state index contributed by atoms with van der Waals surface area (Å²) in [6, 6.07) is 0.298. The van der Waals surface area contributed by atoms with Crippen molar-refractivity contribution in [2.75, 3.05) is 6.61 Å². The Hall–Kier alpha value is -1.48. The summed E-state index contributed by atoms with van der Waals surface area (Å²) in [4.78, 5) is 24.5. The van der Waals surface area contributed by atoms with E-state index in [1.54, 1.807) is 0 Å². The van der Waals surface area contributed by atoms with Crippen LogP contribution in [-0.2, 0) is 4.74 Å². The highest BCUT2D eigenvalue weighted by Gasteiger charge is 2.42. The quantitative estimate of drug-likeness (QED) is 0.441. The molecule has 8 heteroatoms. The van der Waals surface area contributed by atoms with Gasteiger partial charge in [-0.1, -0.05) is 0 Å². The van der Waals surface area contributed by atoms with Crippen molar-refractivity contribution in [1.29, 1.82) is 0 Å².